The Morgan fingerprint density at radius 3 is 2.67 bits per heavy atom. The van der Waals surface area contributed by atoms with Crippen LogP contribution in [0.1, 0.15) is 19.3 Å². The van der Waals surface area contributed by atoms with Gasteiger partial charge in [0.25, 0.3) is 0 Å². The number of rotatable bonds is 6. The SMILES string of the molecule is COCCCOc1nc(N)nc(N2CCCC2)n1. The average Bonchev–Trinajstić information content (AvgIpc) is 2.88. The predicted molar refractivity (Wildman–Crippen MR) is 67.7 cm³/mol. The van der Waals surface area contributed by atoms with Crippen molar-refractivity contribution < 1.29 is 9.47 Å². The molecule has 1 saturated heterocycles. The van der Waals surface area contributed by atoms with Gasteiger partial charge in [0.15, 0.2) is 0 Å². The van der Waals surface area contributed by atoms with Crippen LogP contribution < -0.4 is 15.4 Å². The molecule has 100 valence electrons. The summed E-state index contributed by atoms with van der Waals surface area (Å²) in [5.41, 5.74) is 5.66. The molecule has 0 unspecified atom stereocenters. The molecular weight excluding hydrogens is 234 g/mol. The van der Waals surface area contributed by atoms with Crippen molar-refractivity contribution in [2.24, 2.45) is 0 Å². The fourth-order valence-corrected chi connectivity index (χ4v) is 1.85. The van der Waals surface area contributed by atoms with Crippen molar-refractivity contribution in [3.05, 3.63) is 0 Å². The highest BCUT2D eigenvalue weighted by Gasteiger charge is 2.17. The highest BCUT2D eigenvalue weighted by molar-refractivity contribution is 5.36. The smallest absolute Gasteiger partial charge is 0.323 e. The summed E-state index contributed by atoms with van der Waals surface area (Å²) in [6.07, 6.45) is 3.12. The number of aromatic nitrogens is 3. The van der Waals surface area contributed by atoms with Crippen molar-refractivity contribution >= 4 is 11.9 Å². The standard InChI is InChI=1S/C11H19N5O2/c1-17-7-4-8-18-11-14-9(12)13-10(15-11)16-5-2-3-6-16/h2-8H2,1H3,(H2,12,13,14,15). The van der Waals surface area contributed by atoms with Crippen LogP contribution in [0.4, 0.5) is 11.9 Å². The highest BCUT2D eigenvalue weighted by Crippen LogP contribution is 2.18. The van der Waals surface area contributed by atoms with E-state index in [9.17, 15) is 0 Å². The molecule has 1 aromatic rings. The first-order chi connectivity index (χ1) is 8.79. The number of nitrogens with zero attached hydrogens (tertiary/aromatic N) is 4. The molecule has 7 heteroatoms. The summed E-state index contributed by atoms with van der Waals surface area (Å²) in [6.45, 7) is 3.09. The van der Waals surface area contributed by atoms with Crippen molar-refractivity contribution in [3.63, 3.8) is 0 Å². The van der Waals surface area contributed by atoms with Gasteiger partial charge < -0.3 is 20.1 Å². The molecule has 1 fully saturated rings. The van der Waals surface area contributed by atoms with Crippen LogP contribution in [-0.4, -0.2) is 48.4 Å². The summed E-state index contributed by atoms with van der Waals surface area (Å²) in [4.78, 5) is 14.5. The lowest BCUT2D eigenvalue weighted by Gasteiger charge is -2.15. The number of nitrogen functional groups attached to an aromatic ring is 1. The molecule has 2 heterocycles. The van der Waals surface area contributed by atoms with Gasteiger partial charge in [0.1, 0.15) is 0 Å². The number of nitrogens with two attached hydrogens (primary N) is 1. The number of methoxy groups -OCH3 is 1. The topological polar surface area (TPSA) is 86.4 Å². The van der Waals surface area contributed by atoms with Gasteiger partial charge in [0.05, 0.1) is 6.61 Å². The maximum absolute atomic E-state index is 5.66. The number of hydrogen-bond donors (Lipinski definition) is 1. The summed E-state index contributed by atoms with van der Waals surface area (Å²) in [6, 6.07) is 0.292. The van der Waals surface area contributed by atoms with E-state index in [1.165, 1.54) is 0 Å². The predicted octanol–water partition coefficient (Wildman–Crippen LogP) is 0.469. The Kier molecular flexibility index (Phi) is 4.52. The molecule has 7 nitrogen and oxygen atoms in total. The summed E-state index contributed by atoms with van der Waals surface area (Å²) in [7, 11) is 1.66. The minimum absolute atomic E-state index is 0.202. The quantitative estimate of drug-likeness (QED) is 0.737. The van der Waals surface area contributed by atoms with E-state index in [-0.39, 0.29) is 5.95 Å². The molecule has 0 atom stereocenters. The van der Waals surface area contributed by atoms with Crippen molar-refractivity contribution in [1.82, 2.24) is 15.0 Å². The molecule has 1 aliphatic heterocycles. The lowest BCUT2D eigenvalue weighted by Crippen LogP contribution is -2.21. The highest BCUT2D eigenvalue weighted by atomic mass is 16.5. The van der Waals surface area contributed by atoms with Crippen LogP contribution in [0, 0.1) is 0 Å². The average molecular weight is 253 g/mol. The first kappa shape index (κ1) is 12.8. The van der Waals surface area contributed by atoms with Crippen molar-refractivity contribution in [2.45, 2.75) is 19.3 Å². The third kappa shape index (κ3) is 3.43. The minimum Gasteiger partial charge on any atom is -0.463 e. The molecule has 18 heavy (non-hydrogen) atoms. The van der Waals surface area contributed by atoms with Gasteiger partial charge in [-0.3, -0.25) is 0 Å². The lowest BCUT2D eigenvalue weighted by atomic mass is 10.4. The van der Waals surface area contributed by atoms with Crippen molar-refractivity contribution in [3.8, 4) is 6.01 Å². The van der Waals surface area contributed by atoms with Crippen LogP contribution in [-0.2, 0) is 4.74 Å². The molecule has 2 N–H and O–H groups in total. The van der Waals surface area contributed by atoms with E-state index in [1.54, 1.807) is 7.11 Å². The lowest BCUT2D eigenvalue weighted by molar-refractivity contribution is 0.168. The van der Waals surface area contributed by atoms with Gasteiger partial charge in [0.2, 0.25) is 11.9 Å². The number of ether oxygens (including phenoxy) is 2. The molecule has 0 bridgehead atoms. The van der Waals surface area contributed by atoms with E-state index in [0.29, 0.717) is 25.2 Å². The molecule has 0 radical (unpaired) electrons. The van der Waals surface area contributed by atoms with E-state index >= 15 is 0 Å². The van der Waals surface area contributed by atoms with Gasteiger partial charge in [-0.25, -0.2) is 0 Å². The van der Waals surface area contributed by atoms with Gasteiger partial charge >= 0.3 is 6.01 Å². The van der Waals surface area contributed by atoms with E-state index in [0.717, 1.165) is 32.4 Å². The summed E-state index contributed by atoms with van der Waals surface area (Å²) >= 11 is 0. The number of anilines is 2. The summed E-state index contributed by atoms with van der Waals surface area (Å²) in [5.74, 6) is 0.815. The Morgan fingerprint density at radius 2 is 1.94 bits per heavy atom. The van der Waals surface area contributed by atoms with Crippen molar-refractivity contribution in [2.75, 3.05) is 44.0 Å². The first-order valence-corrected chi connectivity index (χ1v) is 6.18. The third-order valence-corrected chi connectivity index (χ3v) is 2.73. The minimum atomic E-state index is 0.202. The molecule has 0 aliphatic carbocycles. The Bertz CT molecular complexity index is 382. The van der Waals surface area contributed by atoms with E-state index in [2.05, 4.69) is 19.9 Å². The second-order valence-electron chi connectivity index (χ2n) is 4.17. The van der Waals surface area contributed by atoms with E-state index < -0.39 is 0 Å². The fraction of sp³-hybridized carbons (Fsp3) is 0.727. The molecule has 1 aromatic heterocycles. The second-order valence-corrected chi connectivity index (χ2v) is 4.17. The van der Waals surface area contributed by atoms with Crippen LogP contribution >= 0.6 is 0 Å². The van der Waals surface area contributed by atoms with Gasteiger partial charge in [-0.1, -0.05) is 0 Å². The van der Waals surface area contributed by atoms with Crippen LogP contribution in [0.25, 0.3) is 0 Å². The summed E-state index contributed by atoms with van der Waals surface area (Å²) < 4.78 is 10.4. The molecule has 0 spiro atoms. The number of hydrogen-bond acceptors (Lipinski definition) is 7. The van der Waals surface area contributed by atoms with E-state index in [1.807, 2.05) is 0 Å². The van der Waals surface area contributed by atoms with Crippen LogP contribution in [0.3, 0.4) is 0 Å². The zero-order chi connectivity index (χ0) is 12.8. The molecule has 2 rings (SSSR count). The normalized spacial score (nSPS) is 15.1. The Labute approximate surface area is 106 Å². The third-order valence-electron chi connectivity index (χ3n) is 2.73. The monoisotopic (exact) mass is 253 g/mol. The molecule has 0 amide bonds. The van der Waals surface area contributed by atoms with Crippen molar-refractivity contribution in [1.29, 1.82) is 0 Å². The van der Waals surface area contributed by atoms with Crippen LogP contribution in [0.2, 0.25) is 0 Å². The maximum Gasteiger partial charge on any atom is 0.323 e. The van der Waals surface area contributed by atoms with E-state index in [4.69, 9.17) is 15.2 Å². The van der Waals surface area contributed by atoms with Gasteiger partial charge in [-0.05, 0) is 12.8 Å². The first-order valence-electron chi connectivity index (χ1n) is 6.18. The largest absolute Gasteiger partial charge is 0.463 e. The molecule has 0 saturated carbocycles. The zero-order valence-corrected chi connectivity index (χ0v) is 10.6. The van der Waals surface area contributed by atoms with Crippen LogP contribution in [0.5, 0.6) is 6.01 Å². The maximum atomic E-state index is 5.66. The zero-order valence-electron chi connectivity index (χ0n) is 10.6. The molecular formula is C11H19N5O2. The molecule has 0 aromatic carbocycles. The second kappa shape index (κ2) is 6.34. The molecule has 1 aliphatic rings. The van der Waals surface area contributed by atoms with Gasteiger partial charge in [-0.2, -0.15) is 15.0 Å². The fourth-order valence-electron chi connectivity index (χ4n) is 1.85. The van der Waals surface area contributed by atoms with Gasteiger partial charge in [0, 0.05) is 33.2 Å². The Hall–Kier alpha value is -1.63. The summed E-state index contributed by atoms with van der Waals surface area (Å²) in [5, 5.41) is 0. The van der Waals surface area contributed by atoms with Crippen LogP contribution in [0.15, 0.2) is 0 Å². The van der Waals surface area contributed by atoms with Gasteiger partial charge in [-0.15, -0.1) is 0 Å². The Morgan fingerprint density at radius 1 is 1.17 bits per heavy atom. The Balaban J connectivity index is 1.97.